The second-order valence-electron chi connectivity index (χ2n) is 5.27. The van der Waals surface area contributed by atoms with E-state index < -0.39 is 5.97 Å². The largest absolute Gasteiger partial charge is 0.481 e. The van der Waals surface area contributed by atoms with Crippen molar-refractivity contribution in [1.29, 1.82) is 0 Å². The van der Waals surface area contributed by atoms with Crippen molar-refractivity contribution in [2.45, 2.75) is 64.6 Å². The Labute approximate surface area is 104 Å². The normalized spacial score (nSPS) is 29.0. The second-order valence-corrected chi connectivity index (χ2v) is 5.27. The fraction of sp³-hybridized carbons (Fsp3) is 0.923. The molecule has 0 aromatic rings. The van der Waals surface area contributed by atoms with E-state index >= 15 is 0 Å². The standard InChI is InChI=1S/C13H26N2O2/c1-4-15(10(3)9(2)13(16)17)12-7-5-11(14)6-8-12/h9-12H,4-8,14H2,1-3H3,(H,16,17). The van der Waals surface area contributed by atoms with Crippen LogP contribution >= 0.6 is 0 Å². The smallest absolute Gasteiger partial charge is 0.307 e. The molecule has 4 heteroatoms. The number of rotatable bonds is 5. The lowest BCUT2D eigenvalue weighted by Gasteiger charge is -2.40. The molecule has 0 aliphatic heterocycles. The Bertz CT molecular complexity index is 250. The Balaban J connectivity index is 2.61. The lowest BCUT2D eigenvalue weighted by atomic mass is 9.88. The van der Waals surface area contributed by atoms with E-state index in [0.29, 0.717) is 12.1 Å². The summed E-state index contributed by atoms with van der Waals surface area (Å²) in [5.41, 5.74) is 5.91. The minimum atomic E-state index is -0.705. The molecular formula is C13H26N2O2. The van der Waals surface area contributed by atoms with Crippen molar-refractivity contribution in [3.8, 4) is 0 Å². The Morgan fingerprint density at radius 1 is 1.35 bits per heavy atom. The van der Waals surface area contributed by atoms with Crippen LogP contribution in [0.3, 0.4) is 0 Å². The van der Waals surface area contributed by atoms with Gasteiger partial charge in [-0.1, -0.05) is 13.8 Å². The zero-order valence-electron chi connectivity index (χ0n) is 11.2. The molecule has 1 rings (SSSR count). The summed E-state index contributed by atoms with van der Waals surface area (Å²) in [7, 11) is 0. The summed E-state index contributed by atoms with van der Waals surface area (Å²) in [6, 6.07) is 0.950. The molecule has 1 aliphatic carbocycles. The zero-order chi connectivity index (χ0) is 13.0. The summed E-state index contributed by atoms with van der Waals surface area (Å²) in [4.78, 5) is 13.4. The van der Waals surface area contributed by atoms with Crippen molar-refractivity contribution in [3.05, 3.63) is 0 Å². The molecule has 4 nitrogen and oxygen atoms in total. The van der Waals surface area contributed by atoms with Crippen LogP contribution in [0.4, 0.5) is 0 Å². The number of carboxylic acids is 1. The number of hydrogen-bond acceptors (Lipinski definition) is 3. The highest BCUT2D eigenvalue weighted by molar-refractivity contribution is 5.70. The van der Waals surface area contributed by atoms with Crippen molar-refractivity contribution in [2.75, 3.05) is 6.54 Å². The topological polar surface area (TPSA) is 66.6 Å². The van der Waals surface area contributed by atoms with Gasteiger partial charge in [0.25, 0.3) is 0 Å². The van der Waals surface area contributed by atoms with Gasteiger partial charge in [-0.05, 0) is 39.2 Å². The van der Waals surface area contributed by atoms with Crippen LogP contribution in [-0.4, -0.2) is 40.6 Å². The molecule has 100 valence electrons. The number of hydrogen-bond donors (Lipinski definition) is 2. The SMILES string of the molecule is CCN(C1CCC(N)CC1)C(C)C(C)C(=O)O. The van der Waals surface area contributed by atoms with Gasteiger partial charge < -0.3 is 10.8 Å². The maximum absolute atomic E-state index is 11.0. The fourth-order valence-corrected chi connectivity index (χ4v) is 2.81. The van der Waals surface area contributed by atoms with Crippen molar-refractivity contribution < 1.29 is 9.90 Å². The van der Waals surface area contributed by atoms with E-state index in [2.05, 4.69) is 11.8 Å². The van der Waals surface area contributed by atoms with Crippen LogP contribution in [-0.2, 0) is 4.79 Å². The first kappa shape index (κ1) is 14.5. The first-order chi connectivity index (χ1) is 7.97. The molecule has 1 aliphatic rings. The van der Waals surface area contributed by atoms with Crippen molar-refractivity contribution in [2.24, 2.45) is 11.7 Å². The molecule has 0 aromatic heterocycles. The van der Waals surface area contributed by atoms with Gasteiger partial charge in [0, 0.05) is 18.1 Å². The molecule has 3 N–H and O–H groups in total. The molecule has 2 unspecified atom stereocenters. The molecular weight excluding hydrogens is 216 g/mol. The molecule has 0 amide bonds. The van der Waals surface area contributed by atoms with Crippen LogP contribution in [0.15, 0.2) is 0 Å². The minimum Gasteiger partial charge on any atom is -0.481 e. The zero-order valence-corrected chi connectivity index (χ0v) is 11.2. The maximum atomic E-state index is 11.0. The number of nitrogens with zero attached hydrogens (tertiary/aromatic N) is 1. The molecule has 0 bridgehead atoms. The molecule has 1 saturated carbocycles. The van der Waals surface area contributed by atoms with Gasteiger partial charge in [-0.2, -0.15) is 0 Å². The summed E-state index contributed by atoms with van der Waals surface area (Å²) in [6.45, 7) is 6.85. The second kappa shape index (κ2) is 6.36. The van der Waals surface area contributed by atoms with E-state index in [1.54, 1.807) is 6.92 Å². The Morgan fingerprint density at radius 3 is 2.29 bits per heavy atom. The van der Waals surface area contributed by atoms with Crippen LogP contribution in [0.5, 0.6) is 0 Å². The summed E-state index contributed by atoms with van der Waals surface area (Å²) in [6.07, 6.45) is 4.34. The van der Waals surface area contributed by atoms with Crippen LogP contribution in [0.1, 0.15) is 46.5 Å². The van der Waals surface area contributed by atoms with Crippen LogP contribution in [0.2, 0.25) is 0 Å². The van der Waals surface area contributed by atoms with Gasteiger partial charge in [0.1, 0.15) is 0 Å². The van der Waals surface area contributed by atoms with Gasteiger partial charge >= 0.3 is 5.97 Å². The maximum Gasteiger partial charge on any atom is 0.307 e. The fourth-order valence-electron chi connectivity index (χ4n) is 2.81. The van der Waals surface area contributed by atoms with E-state index in [1.165, 1.54) is 0 Å². The van der Waals surface area contributed by atoms with E-state index in [4.69, 9.17) is 10.8 Å². The highest BCUT2D eigenvalue weighted by Gasteiger charge is 2.31. The summed E-state index contributed by atoms with van der Waals surface area (Å²) in [5, 5.41) is 9.09. The van der Waals surface area contributed by atoms with Crippen molar-refractivity contribution in [3.63, 3.8) is 0 Å². The van der Waals surface area contributed by atoms with Gasteiger partial charge in [0.2, 0.25) is 0 Å². The average Bonchev–Trinajstić information content (AvgIpc) is 2.31. The third-order valence-corrected chi connectivity index (χ3v) is 4.21. The molecule has 0 aromatic carbocycles. The predicted molar refractivity (Wildman–Crippen MR) is 68.9 cm³/mol. The molecule has 2 atom stereocenters. The lowest BCUT2D eigenvalue weighted by molar-refractivity contribution is -0.143. The Kier molecular flexibility index (Phi) is 5.40. The molecule has 0 heterocycles. The van der Waals surface area contributed by atoms with Crippen molar-refractivity contribution in [1.82, 2.24) is 4.90 Å². The van der Waals surface area contributed by atoms with Gasteiger partial charge in [-0.15, -0.1) is 0 Å². The minimum absolute atomic E-state index is 0.0943. The third-order valence-electron chi connectivity index (χ3n) is 4.21. The lowest BCUT2D eigenvalue weighted by Crippen LogP contribution is -2.48. The quantitative estimate of drug-likeness (QED) is 0.770. The van der Waals surface area contributed by atoms with Gasteiger partial charge in [-0.3, -0.25) is 9.69 Å². The highest BCUT2D eigenvalue weighted by atomic mass is 16.4. The van der Waals surface area contributed by atoms with Gasteiger partial charge in [0.05, 0.1) is 5.92 Å². The van der Waals surface area contributed by atoms with Crippen LogP contribution < -0.4 is 5.73 Å². The van der Waals surface area contributed by atoms with E-state index in [1.807, 2.05) is 6.92 Å². The molecule has 0 radical (unpaired) electrons. The van der Waals surface area contributed by atoms with Crippen molar-refractivity contribution >= 4 is 5.97 Å². The molecule has 1 fully saturated rings. The summed E-state index contributed by atoms with van der Waals surface area (Å²) in [5.74, 6) is -1.02. The average molecular weight is 242 g/mol. The van der Waals surface area contributed by atoms with E-state index in [-0.39, 0.29) is 12.0 Å². The molecule has 17 heavy (non-hydrogen) atoms. The van der Waals surface area contributed by atoms with Gasteiger partial charge in [0.15, 0.2) is 0 Å². The molecule has 0 saturated heterocycles. The first-order valence-electron chi connectivity index (χ1n) is 6.71. The Morgan fingerprint density at radius 2 is 1.88 bits per heavy atom. The summed E-state index contributed by atoms with van der Waals surface area (Å²) >= 11 is 0. The summed E-state index contributed by atoms with van der Waals surface area (Å²) < 4.78 is 0. The highest BCUT2D eigenvalue weighted by Crippen LogP contribution is 2.25. The predicted octanol–water partition coefficient (Wildman–Crippen LogP) is 1.69. The number of carbonyl (C=O) groups is 1. The van der Waals surface area contributed by atoms with Crippen LogP contribution in [0.25, 0.3) is 0 Å². The number of aliphatic carboxylic acids is 1. The number of nitrogens with two attached hydrogens (primary N) is 1. The number of carboxylic acid groups (broad SMARTS) is 1. The van der Waals surface area contributed by atoms with E-state index in [9.17, 15) is 4.79 Å². The van der Waals surface area contributed by atoms with Gasteiger partial charge in [-0.25, -0.2) is 0 Å². The first-order valence-corrected chi connectivity index (χ1v) is 6.71. The third kappa shape index (κ3) is 3.68. The van der Waals surface area contributed by atoms with E-state index in [0.717, 1.165) is 32.2 Å². The Hall–Kier alpha value is -0.610. The van der Waals surface area contributed by atoms with Crippen LogP contribution in [0, 0.1) is 5.92 Å². The monoisotopic (exact) mass is 242 g/mol. The molecule has 0 spiro atoms.